The fraction of sp³-hybridized carbons (Fsp3) is 0.650. The van der Waals surface area contributed by atoms with Crippen molar-refractivity contribution in [2.24, 2.45) is 5.92 Å². The molecule has 150 valence electrons. The van der Waals surface area contributed by atoms with Crippen molar-refractivity contribution in [1.29, 1.82) is 0 Å². The summed E-state index contributed by atoms with van der Waals surface area (Å²) in [5.41, 5.74) is 1.83. The first-order valence-electron chi connectivity index (χ1n) is 9.83. The van der Waals surface area contributed by atoms with E-state index in [1.165, 1.54) is 4.31 Å². The van der Waals surface area contributed by atoms with Gasteiger partial charge in [-0.1, -0.05) is 17.7 Å². The van der Waals surface area contributed by atoms with Gasteiger partial charge in [-0.2, -0.15) is 4.31 Å². The Balaban J connectivity index is 1.67. The zero-order valence-electron chi connectivity index (χ0n) is 16.7. The number of nitrogens with zero attached hydrogens (tertiary/aromatic N) is 2. The predicted molar refractivity (Wildman–Crippen MR) is 106 cm³/mol. The molecule has 0 radical (unpaired) electrons. The van der Waals surface area contributed by atoms with Crippen LogP contribution in [-0.2, 0) is 14.8 Å². The molecule has 2 saturated heterocycles. The number of piperazine rings is 1. The zero-order valence-corrected chi connectivity index (χ0v) is 17.6. The fourth-order valence-corrected chi connectivity index (χ4v) is 5.85. The lowest BCUT2D eigenvalue weighted by molar-refractivity contribution is -0.140. The topological polar surface area (TPSA) is 69.7 Å². The highest BCUT2D eigenvalue weighted by Gasteiger charge is 2.37. The molecule has 0 aliphatic carbocycles. The first-order chi connectivity index (χ1) is 12.7. The van der Waals surface area contributed by atoms with Gasteiger partial charge in [0.15, 0.2) is 0 Å². The van der Waals surface area contributed by atoms with Gasteiger partial charge in [0.1, 0.15) is 0 Å². The van der Waals surface area contributed by atoms with Crippen LogP contribution in [0.25, 0.3) is 0 Å². The summed E-state index contributed by atoms with van der Waals surface area (Å²) in [4.78, 5) is 15.3. The fourth-order valence-electron chi connectivity index (χ4n) is 4.17. The van der Waals surface area contributed by atoms with Gasteiger partial charge >= 0.3 is 0 Å². The van der Waals surface area contributed by atoms with E-state index in [9.17, 15) is 13.2 Å². The number of rotatable bonds is 3. The Morgan fingerprint density at radius 1 is 1.11 bits per heavy atom. The molecule has 1 N–H and O–H groups in total. The van der Waals surface area contributed by atoms with Crippen LogP contribution in [-0.4, -0.2) is 61.8 Å². The molecule has 2 aliphatic heterocycles. The van der Waals surface area contributed by atoms with Crippen molar-refractivity contribution >= 4 is 15.9 Å². The molecular weight excluding hydrogens is 362 g/mol. The maximum atomic E-state index is 13.0. The van der Waals surface area contributed by atoms with Crippen LogP contribution in [0.15, 0.2) is 23.1 Å². The van der Waals surface area contributed by atoms with Crippen molar-refractivity contribution in [3.8, 4) is 0 Å². The lowest BCUT2D eigenvalue weighted by atomic mass is 9.94. The van der Waals surface area contributed by atoms with E-state index in [4.69, 9.17) is 0 Å². The van der Waals surface area contributed by atoms with Crippen LogP contribution in [0.4, 0.5) is 0 Å². The molecule has 2 aliphatic rings. The van der Waals surface area contributed by atoms with E-state index in [0.717, 1.165) is 24.2 Å². The molecule has 27 heavy (non-hydrogen) atoms. The second-order valence-corrected chi connectivity index (χ2v) is 9.87. The number of piperidine rings is 1. The standard InChI is InChI=1S/C20H31N3O3S/c1-14-5-6-19(15(2)13-14)27(25,26)22-10-7-18(8-11-22)20(24)23-12-9-21-16(3)17(23)4/h5-6,13,16-18,21H,7-12H2,1-4H3. The van der Waals surface area contributed by atoms with Gasteiger partial charge in [-0.15, -0.1) is 0 Å². The maximum Gasteiger partial charge on any atom is 0.243 e. The Kier molecular flexibility index (Phi) is 5.93. The monoisotopic (exact) mass is 393 g/mol. The largest absolute Gasteiger partial charge is 0.337 e. The number of amides is 1. The first kappa shape index (κ1) is 20.3. The average molecular weight is 394 g/mol. The van der Waals surface area contributed by atoms with Gasteiger partial charge in [0, 0.05) is 44.2 Å². The van der Waals surface area contributed by atoms with E-state index >= 15 is 0 Å². The van der Waals surface area contributed by atoms with E-state index < -0.39 is 10.0 Å². The molecule has 2 atom stereocenters. The van der Waals surface area contributed by atoms with Crippen LogP contribution in [0, 0.1) is 19.8 Å². The second-order valence-electron chi connectivity index (χ2n) is 7.96. The minimum atomic E-state index is -3.50. The third-order valence-corrected chi connectivity index (χ3v) is 8.13. The summed E-state index contributed by atoms with van der Waals surface area (Å²) in [5.74, 6) is 0.0997. The second kappa shape index (κ2) is 7.89. The molecule has 1 amide bonds. The molecule has 7 heteroatoms. The van der Waals surface area contributed by atoms with Crippen molar-refractivity contribution in [2.45, 2.75) is 57.5 Å². The summed E-state index contributed by atoms with van der Waals surface area (Å²) in [5, 5.41) is 3.39. The molecule has 0 bridgehead atoms. The minimum absolute atomic E-state index is 0.0803. The highest BCUT2D eigenvalue weighted by Crippen LogP contribution is 2.28. The Hall–Kier alpha value is -1.44. The third kappa shape index (κ3) is 4.05. The normalized spacial score (nSPS) is 25.6. The molecule has 0 aromatic heterocycles. The number of nitrogens with one attached hydrogen (secondary N) is 1. The van der Waals surface area contributed by atoms with Gasteiger partial charge in [-0.3, -0.25) is 4.79 Å². The first-order valence-corrected chi connectivity index (χ1v) is 11.3. The number of hydrogen-bond donors (Lipinski definition) is 1. The zero-order chi connectivity index (χ0) is 19.8. The van der Waals surface area contributed by atoms with Crippen LogP contribution >= 0.6 is 0 Å². The maximum absolute atomic E-state index is 13.0. The molecule has 0 saturated carbocycles. The number of carbonyl (C=O) groups is 1. The van der Waals surface area contributed by atoms with E-state index in [0.29, 0.717) is 30.8 Å². The molecule has 3 rings (SSSR count). The quantitative estimate of drug-likeness (QED) is 0.852. The van der Waals surface area contributed by atoms with Crippen LogP contribution in [0.2, 0.25) is 0 Å². The number of carbonyl (C=O) groups excluding carboxylic acids is 1. The van der Waals surface area contributed by atoms with Gasteiger partial charge in [0.25, 0.3) is 0 Å². The molecule has 6 nitrogen and oxygen atoms in total. The van der Waals surface area contributed by atoms with Gasteiger partial charge < -0.3 is 10.2 Å². The third-order valence-electron chi connectivity index (χ3n) is 6.07. The van der Waals surface area contributed by atoms with E-state index in [1.54, 1.807) is 6.07 Å². The summed E-state index contributed by atoms with van der Waals surface area (Å²) in [6, 6.07) is 5.89. The van der Waals surface area contributed by atoms with E-state index in [1.807, 2.05) is 30.9 Å². The lowest BCUT2D eigenvalue weighted by Gasteiger charge is -2.41. The predicted octanol–water partition coefficient (Wildman–Crippen LogP) is 1.91. The van der Waals surface area contributed by atoms with Crippen molar-refractivity contribution < 1.29 is 13.2 Å². The van der Waals surface area contributed by atoms with Crippen LogP contribution in [0.5, 0.6) is 0 Å². The van der Waals surface area contributed by atoms with Gasteiger partial charge in [0.2, 0.25) is 15.9 Å². The summed E-state index contributed by atoms with van der Waals surface area (Å²) in [7, 11) is -3.50. The summed E-state index contributed by atoms with van der Waals surface area (Å²) in [6.45, 7) is 10.3. The van der Waals surface area contributed by atoms with Crippen LogP contribution in [0.3, 0.4) is 0 Å². The highest BCUT2D eigenvalue weighted by atomic mass is 32.2. The number of aryl methyl sites for hydroxylation is 2. The molecular formula is C20H31N3O3S. The Morgan fingerprint density at radius 3 is 2.41 bits per heavy atom. The smallest absolute Gasteiger partial charge is 0.243 e. The number of hydrogen-bond acceptors (Lipinski definition) is 4. The van der Waals surface area contributed by atoms with Crippen molar-refractivity contribution in [2.75, 3.05) is 26.2 Å². The van der Waals surface area contributed by atoms with Gasteiger partial charge in [0.05, 0.1) is 4.90 Å². The Morgan fingerprint density at radius 2 is 1.78 bits per heavy atom. The minimum Gasteiger partial charge on any atom is -0.337 e. The van der Waals surface area contributed by atoms with Crippen LogP contribution < -0.4 is 5.32 Å². The van der Waals surface area contributed by atoms with Crippen molar-refractivity contribution in [1.82, 2.24) is 14.5 Å². The summed E-state index contributed by atoms with van der Waals surface area (Å²) < 4.78 is 27.6. The SMILES string of the molecule is Cc1ccc(S(=O)(=O)N2CCC(C(=O)N3CCNC(C)C3C)CC2)c(C)c1. The molecule has 2 unspecified atom stereocenters. The highest BCUT2D eigenvalue weighted by molar-refractivity contribution is 7.89. The number of benzene rings is 1. The van der Waals surface area contributed by atoms with E-state index in [2.05, 4.69) is 19.2 Å². The molecule has 0 spiro atoms. The lowest BCUT2D eigenvalue weighted by Crippen LogP contribution is -2.59. The van der Waals surface area contributed by atoms with E-state index in [-0.39, 0.29) is 23.9 Å². The summed E-state index contributed by atoms with van der Waals surface area (Å²) >= 11 is 0. The number of sulfonamides is 1. The Labute approximate surface area is 163 Å². The Bertz CT molecular complexity index is 801. The molecule has 2 fully saturated rings. The summed E-state index contributed by atoms with van der Waals surface area (Å²) in [6.07, 6.45) is 1.18. The van der Waals surface area contributed by atoms with Crippen LogP contribution in [0.1, 0.15) is 37.8 Å². The molecule has 2 heterocycles. The average Bonchev–Trinajstić information content (AvgIpc) is 2.63. The van der Waals surface area contributed by atoms with Gasteiger partial charge in [-0.25, -0.2) is 8.42 Å². The molecule has 1 aromatic carbocycles. The van der Waals surface area contributed by atoms with Crippen molar-refractivity contribution in [3.05, 3.63) is 29.3 Å². The molecule has 1 aromatic rings. The van der Waals surface area contributed by atoms with Gasteiger partial charge in [-0.05, 0) is 52.2 Å². The van der Waals surface area contributed by atoms with Crippen molar-refractivity contribution in [3.63, 3.8) is 0 Å².